The summed E-state index contributed by atoms with van der Waals surface area (Å²) in [6.07, 6.45) is 3.19. The third-order valence-electron chi connectivity index (χ3n) is 3.13. The van der Waals surface area contributed by atoms with E-state index in [0.29, 0.717) is 5.92 Å². The lowest BCUT2D eigenvalue weighted by Crippen LogP contribution is -2.20. The molecule has 1 fully saturated rings. The van der Waals surface area contributed by atoms with Crippen LogP contribution in [0.3, 0.4) is 0 Å². The van der Waals surface area contributed by atoms with Gasteiger partial charge in [0.2, 0.25) is 5.91 Å². The molecule has 70 valence electrons. The summed E-state index contributed by atoms with van der Waals surface area (Å²) in [6, 6.07) is 0. The molecule has 12 heavy (non-hydrogen) atoms. The van der Waals surface area contributed by atoms with E-state index in [9.17, 15) is 4.79 Å². The third kappa shape index (κ3) is 2.23. The van der Waals surface area contributed by atoms with Crippen molar-refractivity contribution in [3.05, 3.63) is 0 Å². The summed E-state index contributed by atoms with van der Waals surface area (Å²) in [5.74, 6) is 2.44. The highest BCUT2D eigenvalue weighted by molar-refractivity contribution is 5.75. The van der Waals surface area contributed by atoms with Crippen molar-refractivity contribution in [2.75, 3.05) is 7.05 Å². The minimum Gasteiger partial charge on any atom is -0.359 e. The number of carbonyl (C=O) groups is 1. The average Bonchev–Trinajstić information content (AvgIpc) is 2.31. The Morgan fingerprint density at radius 3 is 2.25 bits per heavy atom. The zero-order chi connectivity index (χ0) is 9.14. The fraction of sp³-hybridized carbons (Fsp3) is 0.900. The van der Waals surface area contributed by atoms with Gasteiger partial charge in [0.1, 0.15) is 0 Å². The number of hydrogen-bond donors (Lipinski definition) is 1. The van der Waals surface area contributed by atoms with Gasteiger partial charge >= 0.3 is 0 Å². The van der Waals surface area contributed by atoms with E-state index in [4.69, 9.17) is 0 Å². The second-order valence-corrected chi connectivity index (χ2v) is 4.17. The highest BCUT2D eigenvalue weighted by Crippen LogP contribution is 2.37. The number of rotatable bonds is 2. The molecule has 1 aliphatic carbocycles. The Morgan fingerprint density at radius 1 is 1.33 bits per heavy atom. The maximum Gasteiger partial charge on any atom is 0.220 e. The first-order valence-electron chi connectivity index (χ1n) is 4.84. The molecule has 1 rings (SSSR count). The van der Waals surface area contributed by atoms with Gasteiger partial charge in [-0.25, -0.2) is 0 Å². The lowest BCUT2D eigenvalue weighted by Gasteiger charge is -2.06. The standard InChI is InChI=1S/C10H19NO/c1-7-4-9(5-8(7)2)6-10(12)11-3/h7-9H,4-6H2,1-3H3,(H,11,12)/t7-,8?,9?/m0/s1. The van der Waals surface area contributed by atoms with Crippen molar-refractivity contribution in [1.82, 2.24) is 5.32 Å². The fourth-order valence-corrected chi connectivity index (χ4v) is 2.14. The third-order valence-corrected chi connectivity index (χ3v) is 3.13. The maximum atomic E-state index is 11.1. The summed E-state index contributed by atoms with van der Waals surface area (Å²) >= 11 is 0. The summed E-state index contributed by atoms with van der Waals surface area (Å²) in [7, 11) is 1.71. The first-order valence-corrected chi connectivity index (χ1v) is 4.84. The molecule has 3 atom stereocenters. The van der Waals surface area contributed by atoms with E-state index in [2.05, 4.69) is 19.2 Å². The van der Waals surface area contributed by atoms with Crippen molar-refractivity contribution < 1.29 is 4.79 Å². The Bertz CT molecular complexity index is 157. The van der Waals surface area contributed by atoms with Crippen molar-refractivity contribution in [1.29, 1.82) is 0 Å². The molecule has 2 nitrogen and oxygen atoms in total. The van der Waals surface area contributed by atoms with E-state index in [1.165, 1.54) is 12.8 Å². The molecular weight excluding hydrogens is 150 g/mol. The molecule has 0 aliphatic heterocycles. The highest BCUT2D eigenvalue weighted by atomic mass is 16.1. The van der Waals surface area contributed by atoms with Crippen molar-refractivity contribution >= 4 is 5.91 Å². The first kappa shape index (κ1) is 9.56. The summed E-state index contributed by atoms with van der Waals surface area (Å²) in [4.78, 5) is 11.1. The Hall–Kier alpha value is -0.530. The van der Waals surface area contributed by atoms with Crippen molar-refractivity contribution in [2.24, 2.45) is 17.8 Å². The smallest absolute Gasteiger partial charge is 0.220 e. The molecular formula is C10H19NO. The van der Waals surface area contributed by atoms with Crippen LogP contribution in [-0.2, 0) is 4.79 Å². The van der Waals surface area contributed by atoms with Crippen LogP contribution in [0.5, 0.6) is 0 Å². The summed E-state index contributed by atoms with van der Waals surface area (Å²) in [5.41, 5.74) is 0. The minimum atomic E-state index is 0.196. The van der Waals surface area contributed by atoms with Crippen LogP contribution in [0.2, 0.25) is 0 Å². The molecule has 0 heterocycles. The molecule has 1 aliphatic rings. The van der Waals surface area contributed by atoms with Gasteiger partial charge in [-0.1, -0.05) is 13.8 Å². The van der Waals surface area contributed by atoms with Crippen molar-refractivity contribution in [2.45, 2.75) is 33.1 Å². The van der Waals surface area contributed by atoms with Gasteiger partial charge in [0.15, 0.2) is 0 Å². The lowest BCUT2D eigenvalue weighted by atomic mass is 10.0. The van der Waals surface area contributed by atoms with E-state index in [1.54, 1.807) is 7.05 Å². The van der Waals surface area contributed by atoms with Gasteiger partial charge in [-0.2, -0.15) is 0 Å². The predicted octanol–water partition coefficient (Wildman–Crippen LogP) is 1.80. The van der Waals surface area contributed by atoms with Crippen LogP contribution in [0, 0.1) is 17.8 Å². The lowest BCUT2D eigenvalue weighted by molar-refractivity contribution is -0.121. The van der Waals surface area contributed by atoms with Crippen LogP contribution in [0.15, 0.2) is 0 Å². The molecule has 1 saturated carbocycles. The van der Waals surface area contributed by atoms with Gasteiger partial charge in [-0.05, 0) is 30.6 Å². The van der Waals surface area contributed by atoms with Crippen LogP contribution >= 0.6 is 0 Å². The molecule has 0 saturated heterocycles. The Balaban J connectivity index is 2.32. The number of hydrogen-bond acceptors (Lipinski definition) is 1. The molecule has 0 aromatic carbocycles. The molecule has 0 radical (unpaired) electrons. The highest BCUT2D eigenvalue weighted by Gasteiger charge is 2.28. The van der Waals surface area contributed by atoms with Gasteiger partial charge in [-0.15, -0.1) is 0 Å². The molecule has 1 amide bonds. The second kappa shape index (κ2) is 3.92. The van der Waals surface area contributed by atoms with Crippen molar-refractivity contribution in [3.63, 3.8) is 0 Å². The molecule has 1 N–H and O–H groups in total. The van der Waals surface area contributed by atoms with Crippen LogP contribution in [0.25, 0.3) is 0 Å². The minimum absolute atomic E-state index is 0.196. The van der Waals surface area contributed by atoms with Crippen molar-refractivity contribution in [3.8, 4) is 0 Å². The van der Waals surface area contributed by atoms with Gasteiger partial charge < -0.3 is 5.32 Å². The monoisotopic (exact) mass is 169 g/mol. The van der Waals surface area contributed by atoms with E-state index < -0.39 is 0 Å². The largest absolute Gasteiger partial charge is 0.359 e. The Morgan fingerprint density at radius 2 is 1.83 bits per heavy atom. The first-order chi connectivity index (χ1) is 5.63. The maximum absolute atomic E-state index is 11.1. The van der Waals surface area contributed by atoms with Gasteiger partial charge in [0.05, 0.1) is 0 Å². The zero-order valence-corrected chi connectivity index (χ0v) is 8.26. The number of nitrogens with one attached hydrogen (secondary N) is 1. The quantitative estimate of drug-likeness (QED) is 0.671. The second-order valence-electron chi connectivity index (χ2n) is 4.17. The van der Waals surface area contributed by atoms with Gasteiger partial charge in [-0.3, -0.25) is 4.79 Å². The fourth-order valence-electron chi connectivity index (χ4n) is 2.14. The molecule has 2 unspecified atom stereocenters. The molecule has 0 spiro atoms. The topological polar surface area (TPSA) is 29.1 Å². The molecule has 0 bridgehead atoms. The molecule has 0 aromatic rings. The van der Waals surface area contributed by atoms with Crippen LogP contribution < -0.4 is 5.32 Å². The Labute approximate surface area is 74.7 Å². The summed E-state index contributed by atoms with van der Waals surface area (Å²) in [6.45, 7) is 4.57. The van der Waals surface area contributed by atoms with Crippen LogP contribution in [0.1, 0.15) is 33.1 Å². The molecule has 2 heteroatoms. The van der Waals surface area contributed by atoms with E-state index >= 15 is 0 Å². The normalized spacial score (nSPS) is 35.1. The summed E-state index contributed by atoms with van der Waals surface area (Å²) < 4.78 is 0. The van der Waals surface area contributed by atoms with E-state index in [0.717, 1.165) is 18.3 Å². The SMILES string of the molecule is CNC(=O)CC1CC(C)[C@@H](C)C1. The average molecular weight is 169 g/mol. The predicted molar refractivity (Wildman–Crippen MR) is 49.7 cm³/mol. The van der Waals surface area contributed by atoms with E-state index in [-0.39, 0.29) is 5.91 Å². The van der Waals surface area contributed by atoms with Crippen LogP contribution in [-0.4, -0.2) is 13.0 Å². The van der Waals surface area contributed by atoms with Gasteiger partial charge in [0.25, 0.3) is 0 Å². The number of carbonyl (C=O) groups excluding carboxylic acids is 1. The summed E-state index contributed by atoms with van der Waals surface area (Å²) in [5, 5.41) is 2.68. The Kier molecular flexibility index (Phi) is 3.12. The molecule has 0 aromatic heterocycles. The van der Waals surface area contributed by atoms with Crippen LogP contribution in [0.4, 0.5) is 0 Å². The van der Waals surface area contributed by atoms with E-state index in [1.807, 2.05) is 0 Å². The van der Waals surface area contributed by atoms with Gasteiger partial charge in [0, 0.05) is 13.5 Å². The number of amides is 1. The zero-order valence-electron chi connectivity index (χ0n) is 8.26.